The molecule has 1 aromatic rings. The average molecular weight is 351 g/mol. The van der Waals surface area contributed by atoms with Crippen LogP contribution in [-0.4, -0.2) is 31.7 Å². The highest BCUT2D eigenvalue weighted by Crippen LogP contribution is 2.36. The molecule has 3 N–H and O–H groups in total. The smallest absolute Gasteiger partial charge is 0.251 e. The van der Waals surface area contributed by atoms with Gasteiger partial charge in [-0.15, -0.1) is 12.4 Å². The van der Waals surface area contributed by atoms with Gasteiger partial charge in [0.2, 0.25) is 0 Å². The Balaban J connectivity index is 0.00000441. The van der Waals surface area contributed by atoms with E-state index < -0.39 is 5.54 Å². The highest BCUT2D eigenvalue weighted by molar-refractivity contribution is 6.32. The van der Waals surface area contributed by atoms with Gasteiger partial charge in [0, 0.05) is 17.6 Å². The first kappa shape index (κ1) is 20.8. The number of carbonyl (C=O) groups excluding carboxylic acids is 1. The van der Waals surface area contributed by atoms with Crippen LogP contribution in [0.25, 0.3) is 0 Å². The molecule has 0 aromatic heterocycles. The maximum atomic E-state index is 12.2. The molecular weight excluding hydrogens is 327 g/mol. The normalized spacial score (nSPS) is 10.6. The molecule has 0 aliphatic rings. The Kier molecular flexibility index (Phi) is 8.60. The van der Waals surface area contributed by atoms with Crippen molar-refractivity contribution >= 4 is 29.9 Å². The van der Waals surface area contributed by atoms with Crippen molar-refractivity contribution in [3.05, 3.63) is 22.7 Å². The number of rotatable bonds is 7. The predicted octanol–water partition coefficient (Wildman–Crippen LogP) is 3.03. The molecule has 1 amide bonds. The van der Waals surface area contributed by atoms with E-state index >= 15 is 0 Å². The fourth-order valence-electron chi connectivity index (χ4n) is 1.63. The Bertz CT molecular complexity index is 508. The van der Waals surface area contributed by atoms with Gasteiger partial charge in [0.25, 0.3) is 5.91 Å². The molecular formula is C15H24Cl2N2O3. The minimum absolute atomic E-state index is 0. The number of nitrogens with two attached hydrogens (primary N) is 1. The van der Waals surface area contributed by atoms with Gasteiger partial charge >= 0.3 is 0 Å². The van der Waals surface area contributed by atoms with Gasteiger partial charge in [0.05, 0.1) is 18.7 Å². The highest BCUT2D eigenvalue weighted by Gasteiger charge is 2.21. The maximum Gasteiger partial charge on any atom is 0.251 e. The summed E-state index contributed by atoms with van der Waals surface area (Å²) in [4.78, 5) is 12.2. The molecule has 5 nitrogen and oxygen atoms in total. The Labute approximate surface area is 142 Å². The summed E-state index contributed by atoms with van der Waals surface area (Å²) >= 11 is 6.19. The Morgan fingerprint density at radius 1 is 1.41 bits per heavy atom. The van der Waals surface area contributed by atoms with Gasteiger partial charge in [-0.2, -0.15) is 0 Å². The van der Waals surface area contributed by atoms with Crippen LogP contribution >= 0.6 is 24.0 Å². The minimum atomic E-state index is -0.492. The quantitative estimate of drug-likeness (QED) is 0.792. The second-order valence-electron chi connectivity index (χ2n) is 5.38. The van der Waals surface area contributed by atoms with Gasteiger partial charge in [-0.1, -0.05) is 18.5 Å². The summed E-state index contributed by atoms with van der Waals surface area (Å²) in [5, 5.41) is 3.19. The van der Waals surface area contributed by atoms with E-state index in [1.807, 2.05) is 20.8 Å². The van der Waals surface area contributed by atoms with E-state index in [0.717, 1.165) is 6.42 Å². The average Bonchev–Trinajstić information content (AvgIpc) is 2.44. The molecule has 1 rings (SSSR count). The molecule has 0 aliphatic heterocycles. The van der Waals surface area contributed by atoms with Crippen LogP contribution in [0.2, 0.25) is 5.02 Å². The lowest BCUT2D eigenvalue weighted by molar-refractivity contribution is 0.0915. The zero-order valence-corrected chi connectivity index (χ0v) is 14.9. The van der Waals surface area contributed by atoms with Crippen molar-refractivity contribution in [1.82, 2.24) is 5.32 Å². The third-order valence-electron chi connectivity index (χ3n) is 2.90. The van der Waals surface area contributed by atoms with Gasteiger partial charge in [-0.25, -0.2) is 0 Å². The van der Waals surface area contributed by atoms with Crippen LogP contribution in [0.5, 0.6) is 11.5 Å². The van der Waals surface area contributed by atoms with Crippen LogP contribution in [-0.2, 0) is 0 Å². The van der Waals surface area contributed by atoms with Crippen LogP contribution in [0.3, 0.4) is 0 Å². The number of hydrogen-bond donors (Lipinski definition) is 2. The van der Waals surface area contributed by atoms with Crippen LogP contribution in [0.15, 0.2) is 12.1 Å². The fraction of sp³-hybridized carbons (Fsp3) is 0.533. The molecule has 0 fully saturated rings. The number of hydrogen-bond acceptors (Lipinski definition) is 4. The minimum Gasteiger partial charge on any atom is -0.493 e. The molecule has 0 bridgehead atoms. The first-order chi connectivity index (χ1) is 9.84. The monoisotopic (exact) mass is 350 g/mol. The number of benzene rings is 1. The molecule has 0 aliphatic carbocycles. The second-order valence-corrected chi connectivity index (χ2v) is 5.79. The first-order valence-corrected chi connectivity index (χ1v) is 7.25. The van der Waals surface area contributed by atoms with Crippen molar-refractivity contribution in [3.8, 4) is 11.5 Å². The van der Waals surface area contributed by atoms with E-state index in [4.69, 9.17) is 26.8 Å². The zero-order chi connectivity index (χ0) is 16.0. The molecule has 7 heteroatoms. The van der Waals surface area contributed by atoms with Crippen LogP contribution in [0.1, 0.15) is 37.6 Å². The van der Waals surface area contributed by atoms with Crippen molar-refractivity contribution in [2.75, 3.05) is 20.3 Å². The third kappa shape index (κ3) is 5.55. The number of amides is 1. The highest BCUT2D eigenvalue weighted by atomic mass is 35.5. The van der Waals surface area contributed by atoms with Gasteiger partial charge in [0.15, 0.2) is 11.5 Å². The first-order valence-electron chi connectivity index (χ1n) is 6.87. The van der Waals surface area contributed by atoms with E-state index in [-0.39, 0.29) is 18.3 Å². The molecule has 0 radical (unpaired) electrons. The molecule has 0 spiro atoms. The lowest BCUT2D eigenvalue weighted by Gasteiger charge is -2.24. The lowest BCUT2D eigenvalue weighted by Crippen LogP contribution is -2.48. The Morgan fingerprint density at radius 3 is 2.55 bits per heavy atom. The van der Waals surface area contributed by atoms with E-state index in [0.29, 0.717) is 35.2 Å². The number of halogens is 2. The molecule has 22 heavy (non-hydrogen) atoms. The summed E-state index contributed by atoms with van der Waals surface area (Å²) in [5.41, 5.74) is 5.53. The molecule has 0 saturated carbocycles. The summed E-state index contributed by atoms with van der Waals surface area (Å²) in [7, 11) is 1.51. The summed E-state index contributed by atoms with van der Waals surface area (Å²) in [6.45, 7) is 6.56. The number of carbonyl (C=O) groups is 1. The molecule has 0 heterocycles. The van der Waals surface area contributed by atoms with E-state index in [2.05, 4.69) is 5.32 Å². The van der Waals surface area contributed by atoms with Crippen molar-refractivity contribution in [2.24, 2.45) is 5.73 Å². The fourth-order valence-corrected chi connectivity index (χ4v) is 1.89. The lowest BCUT2D eigenvalue weighted by atomic mass is 10.0. The summed E-state index contributed by atoms with van der Waals surface area (Å²) in [6.07, 6.45) is 0.854. The molecule has 0 unspecified atom stereocenters. The van der Waals surface area contributed by atoms with E-state index in [9.17, 15) is 4.79 Å². The van der Waals surface area contributed by atoms with Crippen LogP contribution in [0, 0.1) is 0 Å². The van der Waals surface area contributed by atoms with Gasteiger partial charge in [-0.05, 0) is 32.4 Å². The number of methoxy groups -OCH3 is 1. The van der Waals surface area contributed by atoms with E-state index in [1.165, 1.54) is 7.11 Å². The Hall–Kier alpha value is -1.17. The summed E-state index contributed by atoms with van der Waals surface area (Å²) < 4.78 is 10.8. The van der Waals surface area contributed by atoms with Crippen molar-refractivity contribution < 1.29 is 14.3 Å². The van der Waals surface area contributed by atoms with Gasteiger partial charge < -0.3 is 20.5 Å². The molecule has 126 valence electrons. The molecule has 0 saturated heterocycles. The van der Waals surface area contributed by atoms with Crippen molar-refractivity contribution in [1.29, 1.82) is 0 Å². The summed E-state index contributed by atoms with van der Waals surface area (Å²) in [6, 6.07) is 3.18. The second kappa shape index (κ2) is 9.08. The zero-order valence-electron chi connectivity index (χ0n) is 13.4. The van der Waals surface area contributed by atoms with Crippen LogP contribution in [0.4, 0.5) is 0 Å². The number of ether oxygens (including phenoxy) is 2. The number of nitrogens with one attached hydrogen (secondary N) is 1. The van der Waals surface area contributed by atoms with Crippen molar-refractivity contribution in [3.63, 3.8) is 0 Å². The van der Waals surface area contributed by atoms with Crippen LogP contribution < -0.4 is 20.5 Å². The molecule has 1 aromatic carbocycles. The van der Waals surface area contributed by atoms with Crippen molar-refractivity contribution in [2.45, 2.75) is 32.7 Å². The molecule has 0 atom stereocenters. The predicted molar refractivity (Wildman–Crippen MR) is 91.6 cm³/mol. The van der Waals surface area contributed by atoms with Gasteiger partial charge in [0.1, 0.15) is 0 Å². The standard InChI is InChI=1S/C15H23ClN2O3.ClH/c1-5-6-21-13-11(16)7-10(8-12(13)20-4)14(19)18-15(2,3)9-17;/h7-8H,5-6,9,17H2,1-4H3,(H,18,19);1H. The summed E-state index contributed by atoms with van der Waals surface area (Å²) in [5.74, 6) is 0.634. The Morgan fingerprint density at radius 2 is 2.05 bits per heavy atom. The maximum absolute atomic E-state index is 12.2. The van der Waals surface area contributed by atoms with Gasteiger partial charge in [-0.3, -0.25) is 4.79 Å². The SMILES string of the molecule is CCCOc1c(Cl)cc(C(=O)NC(C)(C)CN)cc1OC.Cl. The third-order valence-corrected chi connectivity index (χ3v) is 3.19. The van der Waals surface area contributed by atoms with E-state index in [1.54, 1.807) is 12.1 Å². The topological polar surface area (TPSA) is 73.6 Å². The largest absolute Gasteiger partial charge is 0.493 e.